The summed E-state index contributed by atoms with van der Waals surface area (Å²) in [5.41, 5.74) is 0. The summed E-state index contributed by atoms with van der Waals surface area (Å²) in [6, 6.07) is 0. The molecule has 1 N–H and O–H groups in total. The summed E-state index contributed by atoms with van der Waals surface area (Å²) >= 11 is 5.50. The van der Waals surface area contributed by atoms with Crippen LogP contribution < -0.4 is 0 Å². The smallest absolute Gasteiger partial charge is 0.242 e. The highest BCUT2D eigenvalue weighted by Gasteiger charge is 2.08. The Morgan fingerprint density at radius 1 is 1.73 bits per heavy atom. The number of halogens is 1. The van der Waals surface area contributed by atoms with Gasteiger partial charge >= 0.3 is 0 Å². The van der Waals surface area contributed by atoms with Crippen molar-refractivity contribution in [1.82, 2.24) is 15.2 Å². The Balaban J connectivity index is 2.60. The van der Waals surface area contributed by atoms with Crippen molar-refractivity contribution in [3.8, 4) is 0 Å². The molecule has 62 valence electrons. The van der Waals surface area contributed by atoms with Crippen molar-refractivity contribution in [2.24, 2.45) is 0 Å². The van der Waals surface area contributed by atoms with Crippen LogP contribution in [0.4, 0.5) is 0 Å². The Hall–Kier alpha value is -0.610. The number of hydrogen-bond acceptors (Lipinski definition) is 3. The number of H-pyrrole nitrogens is 1. The largest absolute Gasteiger partial charge is 0.371 e. The molecule has 0 aliphatic heterocycles. The van der Waals surface area contributed by atoms with Gasteiger partial charge in [0.2, 0.25) is 5.28 Å². The minimum atomic E-state index is -0.0694. The van der Waals surface area contributed by atoms with Gasteiger partial charge in [-0.1, -0.05) is 0 Å². The van der Waals surface area contributed by atoms with Gasteiger partial charge in [0.1, 0.15) is 6.10 Å². The van der Waals surface area contributed by atoms with E-state index in [4.69, 9.17) is 16.3 Å². The maximum Gasteiger partial charge on any atom is 0.242 e. The quantitative estimate of drug-likeness (QED) is 0.759. The van der Waals surface area contributed by atoms with Crippen molar-refractivity contribution in [1.29, 1.82) is 0 Å². The van der Waals surface area contributed by atoms with Crippen LogP contribution in [-0.2, 0) is 4.74 Å². The zero-order valence-electron chi connectivity index (χ0n) is 6.47. The number of nitrogens with one attached hydrogen (secondary N) is 1. The van der Waals surface area contributed by atoms with E-state index in [1.807, 2.05) is 13.8 Å². The Morgan fingerprint density at radius 2 is 2.45 bits per heavy atom. The molecule has 0 fully saturated rings. The van der Waals surface area contributed by atoms with Gasteiger partial charge in [0.05, 0.1) is 0 Å². The predicted molar refractivity (Wildman–Crippen MR) is 41.4 cm³/mol. The molecule has 0 bridgehead atoms. The van der Waals surface area contributed by atoms with E-state index in [2.05, 4.69) is 15.2 Å². The molecule has 0 amide bonds. The van der Waals surface area contributed by atoms with Crippen LogP contribution in [0.5, 0.6) is 0 Å². The van der Waals surface area contributed by atoms with E-state index in [-0.39, 0.29) is 11.4 Å². The summed E-state index contributed by atoms with van der Waals surface area (Å²) in [4.78, 5) is 3.90. The summed E-state index contributed by atoms with van der Waals surface area (Å²) in [5, 5.41) is 6.57. The minimum absolute atomic E-state index is 0.0694. The molecule has 1 heterocycles. The lowest BCUT2D eigenvalue weighted by atomic mass is 10.4. The standard InChI is InChI=1S/C6H10ClN3O/c1-3-11-4(2)5-8-6(7)10-9-5/h4H,3H2,1-2H3,(H,8,9,10). The number of rotatable bonds is 3. The van der Waals surface area contributed by atoms with Gasteiger partial charge in [0, 0.05) is 6.61 Å². The molecule has 5 heteroatoms. The SMILES string of the molecule is CCOC(C)c1nc(Cl)n[nH]1. The molecule has 0 saturated carbocycles. The van der Waals surface area contributed by atoms with E-state index in [1.54, 1.807) is 0 Å². The van der Waals surface area contributed by atoms with Crippen molar-refractivity contribution in [2.45, 2.75) is 20.0 Å². The molecule has 0 aliphatic rings. The van der Waals surface area contributed by atoms with E-state index >= 15 is 0 Å². The van der Waals surface area contributed by atoms with Crippen LogP contribution in [0.2, 0.25) is 5.28 Å². The summed E-state index contributed by atoms with van der Waals surface area (Å²) in [7, 11) is 0. The lowest BCUT2D eigenvalue weighted by Gasteiger charge is -2.05. The van der Waals surface area contributed by atoms with E-state index in [9.17, 15) is 0 Å². The third-order valence-electron chi connectivity index (χ3n) is 1.28. The molecule has 1 aromatic heterocycles. The molecule has 1 atom stereocenters. The lowest BCUT2D eigenvalue weighted by Crippen LogP contribution is -2.01. The first kappa shape index (κ1) is 8.49. The number of aromatic nitrogens is 3. The summed E-state index contributed by atoms with van der Waals surface area (Å²) < 4.78 is 5.25. The molecule has 0 saturated heterocycles. The van der Waals surface area contributed by atoms with Gasteiger partial charge in [-0.15, -0.1) is 5.10 Å². The molecule has 0 radical (unpaired) electrons. The minimum Gasteiger partial charge on any atom is -0.371 e. The monoisotopic (exact) mass is 175 g/mol. The first-order chi connectivity index (χ1) is 5.24. The van der Waals surface area contributed by atoms with Crippen LogP contribution in [0.15, 0.2) is 0 Å². The zero-order valence-corrected chi connectivity index (χ0v) is 7.22. The number of ether oxygens (including phenoxy) is 1. The van der Waals surface area contributed by atoms with Gasteiger partial charge in [0.25, 0.3) is 0 Å². The second kappa shape index (κ2) is 3.69. The van der Waals surface area contributed by atoms with Crippen molar-refractivity contribution in [2.75, 3.05) is 6.61 Å². The maximum atomic E-state index is 5.50. The number of aromatic amines is 1. The molecule has 4 nitrogen and oxygen atoms in total. The van der Waals surface area contributed by atoms with Crippen LogP contribution in [-0.4, -0.2) is 21.8 Å². The summed E-state index contributed by atoms with van der Waals surface area (Å²) in [6.07, 6.45) is -0.0694. The third-order valence-corrected chi connectivity index (χ3v) is 1.45. The van der Waals surface area contributed by atoms with Crippen molar-refractivity contribution < 1.29 is 4.74 Å². The molecule has 11 heavy (non-hydrogen) atoms. The van der Waals surface area contributed by atoms with Gasteiger partial charge in [-0.2, -0.15) is 4.98 Å². The second-order valence-electron chi connectivity index (χ2n) is 2.09. The van der Waals surface area contributed by atoms with Crippen LogP contribution in [0.1, 0.15) is 25.8 Å². The topological polar surface area (TPSA) is 50.8 Å². The average Bonchev–Trinajstić information content (AvgIpc) is 2.36. The van der Waals surface area contributed by atoms with Crippen molar-refractivity contribution in [3.05, 3.63) is 11.1 Å². The fourth-order valence-corrected chi connectivity index (χ4v) is 0.897. The Labute approximate surface area is 69.9 Å². The Bertz CT molecular complexity index is 225. The number of nitrogens with zero attached hydrogens (tertiary/aromatic N) is 2. The number of hydrogen-bond donors (Lipinski definition) is 1. The highest BCUT2D eigenvalue weighted by atomic mass is 35.5. The van der Waals surface area contributed by atoms with E-state index in [0.717, 1.165) is 0 Å². The molecule has 1 rings (SSSR count). The molecular weight excluding hydrogens is 166 g/mol. The molecule has 0 aromatic carbocycles. The van der Waals surface area contributed by atoms with Gasteiger partial charge in [0.15, 0.2) is 5.82 Å². The fraction of sp³-hybridized carbons (Fsp3) is 0.667. The van der Waals surface area contributed by atoms with Gasteiger partial charge < -0.3 is 4.74 Å². The molecule has 1 aromatic rings. The van der Waals surface area contributed by atoms with E-state index < -0.39 is 0 Å². The van der Waals surface area contributed by atoms with Gasteiger partial charge in [-0.05, 0) is 25.4 Å². The first-order valence-electron chi connectivity index (χ1n) is 3.43. The third kappa shape index (κ3) is 2.17. The van der Waals surface area contributed by atoms with Crippen LogP contribution in [0.3, 0.4) is 0 Å². The van der Waals surface area contributed by atoms with Gasteiger partial charge in [-0.25, -0.2) is 0 Å². The average molecular weight is 176 g/mol. The Kier molecular flexibility index (Phi) is 2.84. The maximum absolute atomic E-state index is 5.50. The molecule has 0 spiro atoms. The second-order valence-corrected chi connectivity index (χ2v) is 2.43. The summed E-state index contributed by atoms with van der Waals surface area (Å²) in [5.74, 6) is 0.664. The molecular formula is C6H10ClN3O. The predicted octanol–water partition coefficient (Wildman–Crippen LogP) is 1.56. The van der Waals surface area contributed by atoms with Crippen LogP contribution in [0, 0.1) is 0 Å². The molecule has 1 unspecified atom stereocenters. The fourth-order valence-electron chi connectivity index (χ4n) is 0.764. The Morgan fingerprint density at radius 3 is 2.91 bits per heavy atom. The van der Waals surface area contributed by atoms with Crippen molar-refractivity contribution in [3.63, 3.8) is 0 Å². The highest BCUT2D eigenvalue weighted by Crippen LogP contribution is 2.12. The van der Waals surface area contributed by atoms with Crippen molar-refractivity contribution >= 4 is 11.6 Å². The van der Waals surface area contributed by atoms with Crippen LogP contribution in [0.25, 0.3) is 0 Å². The lowest BCUT2D eigenvalue weighted by molar-refractivity contribution is 0.0703. The highest BCUT2D eigenvalue weighted by molar-refractivity contribution is 6.28. The van der Waals surface area contributed by atoms with E-state index in [0.29, 0.717) is 12.4 Å². The van der Waals surface area contributed by atoms with Gasteiger partial charge in [-0.3, -0.25) is 5.10 Å². The first-order valence-corrected chi connectivity index (χ1v) is 3.81. The normalized spacial score (nSPS) is 13.4. The van der Waals surface area contributed by atoms with Crippen LogP contribution >= 0.6 is 11.6 Å². The zero-order chi connectivity index (χ0) is 8.27. The van der Waals surface area contributed by atoms with E-state index in [1.165, 1.54) is 0 Å². The summed E-state index contributed by atoms with van der Waals surface area (Å²) in [6.45, 7) is 4.47. The molecule has 0 aliphatic carbocycles.